The Morgan fingerprint density at radius 3 is 2.26 bits per heavy atom. The van der Waals surface area contributed by atoms with Crippen molar-refractivity contribution < 1.29 is 36.7 Å². The van der Waals surface area contributed by atoms with Crippen LogP contribution in [-0.2, 0) is 32.1 Å². The second kappa shape index (κ2) is 18.7. The number of nitrogens with one attached hydrogen (secondary N) is 5. The molecule has 3 aliphatic rings. The zero-order chi connectivity index (χ0) is 41.7. The zero-order valence-corrected chi connectivity index (χ0v) is 33.3. The molecule has 2 aromatic heterocycles. The molecule has 17 heteroatoms. The lowest BCUT2D eigenvalue weighted by Crippen LogP contribution is -2.53. The Balaban J connectivity index is 0.000000503. The van der Waals surface area contributed by atoms with Gasteiger partial charge in [0.1, 0.15) is 30.0 Å². The number of alkyl halides is 2. The summed E-state index contributed by atoms with van der Waals surface area (Å²) in [5, 5.41) is 11.9. The molecular weight excluding hydrogens is 759 g/mol. The maximum absolute atomic E-state index is 15.2. The van der Waals surface area contributed by atoms with Gasteiger partial charge in [0.15, 0.2) is 5.82 Å². The highest BCUT2D eigenvalue weighted by Gasteiger charge is 2.44. The highest BCUT2D eigenvalue weighted by atomic mass is 19.1. The zero-order valence-electron chi connectivity index (χ0n) is 33.3. The van der Waals surface area contributed by atoms with Crippen LogP contribution >= 0.6 is 0 Å². The van der Waals surface area contributed by atoms with E-state index in [1.165, 1.54) is 34.1 Å². The van der Waals surface area contributed by atoms with Crippen LogP contribution in [0.1, 0.15) is 51.5 Å². The van der Waals surface area contributed by atoms with Crippen LogP contribution in [0.4, 0.5) is 17.6 Å². The highest BCUT2D eigenvalue weighted by molar-refractivity contribution is 5.92. The number of fused-ring (bicyclic) bond motifs is 2. The molecule has 6 atom stereocenters. The molecule has 6 unspecified atom stereocenters. The number of carbonyl (C=O) groups is 4. The van der Waals surface area contributed by atoms with Crippen LogP contribution in [-0.4, -0.2) is 125 Å². The Hall–Kier alpha value is -5.03. The number of imidazole rings is 1. The molecule has 4 amide bonds. The first kappa shape index (κ1) is 42.6. The number of rotatable bonds is 15. The van der Waals surface area contributed by atoms with Crippen LogP contribution in [0, 0.1) is 17.6 Å². The molecule has 58 heavy (non-hydrogen) atoms. The van der Waals surface area contributed by atoms with Gasteiger partial charge in [0.05, 0.1) is 48.9 Å². The Bertz CT molecular complexity index is 2110. The Labute approximate surface area is 334 Å². The van der Waals surface area contributed by atoms with E-state index in [1.807, 2.05) is 13.8 Å². The number of halogens is 4. The summed E-state index contributed by atoms with van der Waals surface area (Å²) in [5.41, 5.74) is 2.46. The topological polar surface area (TPSA) is 156 Å². The Kier molecular flexibility index (Phi) is 13.7. The van der Waals surface area contributed by atoms with E-state index in [0.29, 0.717) is 58.0 Å². The lowest BCUT2D eigenvalue weighted by Gasteiger charge is -2.29. The lowest BCUT2D eigenvalue weighted by atomic mass is 9.99. The van der Waals surface area contributed by atoms with Gasteiger partial charge in [-0.2, -0.15) is 0 Å². The maximum atomic E-state index is 15.2. The molecule has 0 bridgehead atoms. The number of nitrogens with zero attached hydrogens (tertiary/aromatic N) is 4. The minimum Gasteiger partial charge on any atom is -0.353 e. The minimum atomic E-state index is -1.28. The van der Waals surface area contributed by atoms with Crippen LogP contribution in [0.2, 0.25) is 0 Å². The Morgan fingerprint density at radius 2 is 1.59 bits per heavy atom. The van der Waals surface area contributed by atoms with Crippen molar-refractivity contribution in [2.75, 3.05) is 40.3 Å². The minimum absolute atomic E-state index is 0.0185. The first-order valence-electron chi connectivity index (χ1n) is 20.0. The van der Waals surface area contributed by atoms with Crippen LogP contribution < -0.4 is 21.3 Å². The summed E-state index contributed by atoms with van der Waals surface area (Å²) in [6.07, 6.45) is 1.07. The molecule has 2 saturated heterocycles. The van der Waals surface area contributed by atoms with E-state index < -0.39 is 42.1 Å². The van der Waals surface area contributed by atoms with Gasteiger partial charge in [-0.05, 0) is 88.5 Å². The second-order valence-electron chi connectivity index (χ2n) is 15.6. The molecule has 2 aliphatic heterocycles. The van der Waals surface area contributed by atoms with Crippen molar-refractivity contribution in [2.24, 2.45) is 5.92 Å². The molecule has 314 valence electrons. The fraction of sp³-hybridized carbons (Fsp3) is 0.537. The number of hydrogen-bond donors (Lipinski definition) is 5. The van der Waals surface area contributed by atoms with E-state index in [0.717, 1.165) is 19.3 Å². The average Bonchev–Trinajstić information content (AvgIpc) is 3.56. The molecule has 13 nitrogen and oxygen atoms in total. The van der Waals surface area contributed by atoms with Crippen molar-refractivity contribution in [1.29, 1.82) is 0 Å². The third-order valence-corrected chi connectivity index (χ3v) is 11.2. The van der Waals surface area contributed by atoms with Gasteiger partial charge in [-0.3, -0.25) is 19.2 Å². The van der Waals surface area contributed by atoms with E-state index in [2.05, 4.69) is 26.3 Å². The van der Waals surface area contributed by atoms with E-state index >= 15 is 4.39 Å². The van der Waals surface area contributed by atoms with E-state index in [4.69, 9.17) is 4.98 Å². The van der Waals surface area contributed by atoms with Crippen LogP contribution in [0.15, 0.2) is 36.4 Å². The predicted octanol–water partition coefficient (Wildman–Crippen LogP) is 3.75. The largest absolute Gasteiger partial charge is 0.353 e. The number of amides is 4. The summed E-state index contributed by atoms with van der Waals surface area (Å²) in [6, 6.07) is 6.88. The Morgan fingerprint density at radius 1 is 0.931 bits per heavy atom. The van der Waals surface area contributed by atoms with E-state index in [-0.39, 0.29) is 69.1 Å². The van der Waals surface area contributed by atoms with Crippen molar-refractivity contribution in [2.45, 2.75) is 95.4 Å². The number of aromatic nitrogens is 3. The summed E-state index contributed by atoms with van der Waals surface area (Å²) < 4.78 is 60.3. The quantitative estimate of drug-likeness (QED) is 0.0905. The number of H-pyrrole nitrogens is 1. The molecule has 4 aromatic rings. The van der Waals surface area contributed by atoms with Gasteiger partial charge in [0, 0.05) is 48.4 Å². The molecule has 1 aliphatic carbocycles. The van der Waals surface area contributed by atoms with E-state index in [9.17, 15) is 32.3 Å². The molecule has 1 saturated carbocycles. The molecule has 2 aromatic carbocycles. The fourth-order valence-electron chi connectivity index (χ4n) is 8.03. The number of likely N-dealkylation sites (tertiary alicyclic amines) is 2. The van der Waals surface area contributed by atoms with Crippen LogP contribution in [0.25, 0.3) is 33.5 Å². The smallest absolute Gasteiger partial charge is 0.245 e. The number of benzene rings is 2. The number of carbonyl (C=O) groups excluding carboxylic acids is 4. The van der Waals surface area contributed by atoms with Crippen molar-refractivity contribution in [1.82, 2.24) is 45.6 Å². The first-order valence-corrected chi connectivity index (χ1v) is 20.0. The van der Waals surface area contributed by atoms with Gasteiger partial charge in [-0.25, -0.2) is 22.5 Å². The fourth-order valence-corrected chi connectivity index (χ4v) is 8.03. The molecule has 0 spiro atoms. The second-order valence-corrected chi connectivity index (χ2v) is 15.6. The van der Waals surface area contributed by atoms with Gasteiger partial charge in [0.2, 0.25) is 24.1 Å². The van der Waals surface area contributed by atoms with Crippen molar-refractivity contribution in [3.8, 4) is 11.5 Å². The lowest BCUT2D eigenvalue weighted by molar-refractivity contribution is -0.137. The van der Waals surface area contributed by atoms with Gasteiger partial charge in [0.25, 0.3) is 0 Å². The molecule has 3 fully saturated rings. The van der Waals surface area contributed by atoms with E-state index in [1.54, 1.807) is 30.8 Å². The van der Waals surface area contributed by atoms with Crippen LogP contribution in [0.5, 0.6) is 0 Å². The third-order valence-electron chi connectivity index (χ3n) is 11.2. The summed E-state index contributed by atoms with van der Waals surface area (Å²) in [5.74, 6) is -1.23. The van der Waals surface area contributed by atoms with Gasteiger partial charge < -0.3 is 40.6 Å². The summed E-state index contributed by atoms with van der Waals surface area (Å²) in [7, 11) is 3.40. The SMILES string of the molecule is CCC(C)NC(=O)CNC.CNCC(=O)NC(C(=O)N1CC(F)CC1Cc1c(-c2nc3cc(F)ccc3n2CC2CC(F)CN2C=O)[nH]c2cc(F)ccc12)C1CC1. The molecule has 4 heterocycles. The third kappa shape index (κ3) is 9.80. The normalized spacial score (nSPS) is 21.5. The van der Waals surface area contributed by atoms with Gasteiger partial charge in [-0.15, -0.1) is 0 Å². The molecular formula is C41H53F4N9O4. The van der Waals surface area contributed by atoms with Crippen molar-refractivity contribution in [3.05, 3.63) is 53.6 Å². The standard InChI is InChI=1S/C34H37F4N7O3.C7H16N2O/c1-39-13-30(47)42-31(18-2-3-18)34(48)44-15-22(38)8-23(44)12-26-25-6-4-19(35)10-27(25)40-32(26)33-41-28-11-20(36)5-7-29(28)45(33)16-24-9-21(37)14-43(24)17-46;1-4-6(2)9-7(10)5-8-3/h4-7,10-11,17-18,21-24,31,39-40H,2-3,8-9,12-16H2,1H3,(H,42,47);6,8H,4-5H2,1-3H3,(H,9,10). The monoisotopic (exact) mass is 811 g/mol. The van der Waals surface area contributed by atoms with Gasteiger partial charge >= 0.3 is 0 Å². The maximum Gasteiger partial charge on any atom is 0.245 e. The number of aromatic amines is 1. The predicted molar refractivity (Wildman–Crippen MR) is 212 cm³/mol. The number of likely N-dealkylation sites (N-methyl/N-ethyl adjacent to an activating group) is 2. The summed E-state index contributed by atoms with van der Waals surface area (Å²) in [4.78, 5) is 60.0. The molecule has 5 N–H and O–H groups in total. The van der Waals surface area contributed by atoms with Crippen molar-refractivity contribution >= 4 is 46.1 Å². The highest BCUT2D eigenvalue weighted by Crippen LogP contribution is 2.39. The average molecular weight is 812 g/mol. The molecule has 0 radical (unpaired) electrons. The first-order chi connectivity index (χ1) is 27.8. The number of hydrogen-bond acceptors (Lipinski definition) is 7. The van der Waals surface area contributed by atoms with Crippen LogP contribution in [0.3, 0.4) is 0 Å². The summed E-state index contributed by atoms with van der Waals surface area (Å²) in [6.45, 7) is 4.50. The summed E-state index contributed by atoms with van der Waals surface area (Å²) >= 11 is 0. The molecule has 7 rings (SSSR count). The van der Waals surface area contributed by atoms with Gasteiger partial charge in [-0.1, -0.05) is 6.92 Å². The van der Waals surface area contributed by atoms with Crippen molar-refractivity contribution in [3.63, 3.8) is 0 Å².